The number of aryl methyl sites for hydroxylation is 1. The number of nitrogen functional groups attached to an aromatic ring is 1. The fraction of sp³-hybridized carbons (Fsp3) is 0.550. The van der Waals surface area contributed by atoms with Gasteiger partial charge in [-0.1, -0.05) is 39.5 Å². The molecule has 0 saturated heterocycles. The Morgan fingerprint density at radius 1 is 0.960 bits per heavy atom. The Morgan fingerprint density at radius 2 is 1.64 bits per heavy atom. The van der Waals surface area contributed by atoms with Gasteiger partial charge in [-0.2, -0.15) is 0 Å². The number of hydrogen-bond donors (Lipinski definition) is 1. The molecule has 0 bridgehead atoms. The van der Waals surface area contributed by atoms with E-state index in [9.17, 15) is 4.79 Å². The first-order valence-corrected chi connectivity index (χ1v) is 9.28. The zero-order valence-electron chi connectivity index (χ0n) is 15.6. The summed E-state index contributed by atoms with van der Waals surface area (Å²) >= 11 is 0. The Bertz CT molecular complexity index is 753. The van der Waals surface area contributed by atoms with Gasteiger partial charge in [0.1, 0.15) is 0 Å². The predicted octanol–water partition coefficient (Wildman–Crippen LogP) is 4.26. The quantitative estimate of drug-likeness (QED) is 0.516. The second-order valence-electron chi connectivity index (χ2n) is 6.41. The van der Waals surface area contributed by atoms with Crippen molar-refractivity contribution in [2.45, 2.75) is 52.4 Å². The lowest BCUT2D eigenvalue weighted by Crippen LogP contribution is -2.21. The SMILES string of the molecule is CCCCCCOc1c(OCCCC)c2ccc(N)cc2n(C)c1=O. The van der Waals surface area contributed by atoms with Crippen LogP contribution >= 0.6 is 0 Å². The minimum Gasteiger partial charge on any atom is -0.489 e. The van der Waals surface area contributed by atoms with Gasteiger partial charge in [-0.25, -0.2) is 0 Å². The van der Waals surface area contributed by atoms with Gasteiger partial charge in [0.05, 0.1) is 18.7 Å². The molecule has 0 atom stereocenters. The highest BCUT2D eigenvalue weighted by Crippen LogP contribution is 2.33. The molecule has 0 saturated carbocycles. The van der Waals surface area contributed by atoms with Gasteiger partial charge in [0, 0.05) is 18.1 Å². The van der Waals surface area contributed by atoms with Crippen molar-refractivity contribution >= 4 is 16.6 Å². The van der Waals surface area contributed by atoms with Crippen LogP contribution in [0.2, 0.25) is 0 Å². The van der Waals surface area contributed by atoms with Crippen molar-refractivity contribution in [3.05, 3.63) is 28.6 Å². The number of nitrogens with zero attached hydrogens (tertiary/aromatic N) is 1. The summed E-state index contributed by atoms with van der Waals surface area (Å²) in [5.74, 6) is 0.856. The molecule has 0 radical (unpaired) electrons. The smallest absolute Gasteiger partial charge is 0.297 e. The summed E-state index contributed by atoms with van der Waals surface area (Å²) in [7, 11) is 1.74. The Morgan fingerprint density at radius 3 is 2.36 bits per heavy atom. The number of anilines is 1. The van der Waals surface area contributed by atoms with E-state index in [-0.39, 0.29) is 5.56 Å². The maximum Gasteiger partial charge on any atom is 0.297 e. The maximum atomic E-state index is 12.8. The normalized spacial score (nSPS) is 11.0. The molecule has 0 amide bonds. The summed E-state index contributed by atoms with van der Waals surface area (Å²) in [4.78, 5) is 12.8. The van der Waals surface area contributed by atoms with Crippen LogP contribution < -0.4 is 20.8 Å². The molecule has 0 aliphatic heterocycles. The highest BCUT2D eigenvalue weighted by atomic mass is 16.5. The van der Waals surface area contributed by atoms with Crippen LogP contribution in [0.4, 0.5) is 5.69 Å². The zero-order valence-corrected chi connectivity index (χ0v) is 15.6. The lowest BCUT2D eigenvalue weighted by atomic mass is 10.1. The number of hydrogen-bond acceptors (Lipinski definition) is 4. The van der Waals surface area contributed by atoms with Gasteiger partial charge in [0.25, 0.3) is 5.56 Å². The summed E-state index contributed by atoms with van der Waals surface area (Å²) in [6.45, 7) is 5.37. The van der Waals surface area contributed by atoms with Crippen LogP contribution in [0.3, 0.4) is 0 Å². The number of fused-ring (bicyclic) bond motifs is 1. The molecule has 138 valence electrons. The van der Waals surface area contributed by atoms with Crippen LogP contribution in [0.25, 0.3) is 10.9 Å². The molecule has 0 unspecified atom stereocenters. The van der Waals surface area contributed by atoms with Crippen molar-refractivity contribution in [3.8, 4) is 11.5 Å². The van der Waals surface area contributed by atoms with Crippen LogP contribution in [-0.2, 0) is 7.05 Å². The Balaban J connectivity index is 2.38. The summed E-state index contributed by atoms with van der Waals surface area (Å²) in [6, 6.07) is 5.52. The van der Waals surface area contributed by atoms with E-state index in [2.05, 4.69) is 13.8 Å². The van der Waals surface area contributed by atoms with Crippen LogP contribution in [0.1, 0.15) is 52.4 Å². The first-order chi connectivity index (χ1) is 12.1. The molecule has 1 aromatic carbocycles. The van der Waals surface area contributed by atoms with E-state index in [0.717, 1.165) is 36.6 Å². The molecule has 2 rings (SSSR count). The van der Waals surface area contributed by atoms with Gasteiger partial charge in [0.15, 0.2) is 5.75 Å². The van der Waals surface area contributed by atoms with Crippen molar-refractivity contribution in [3.63, 3.8) is 0 Å². The summed E-state index contributed by atoms with van der Waals surface area (Å²) in [5.41, 5.74) is 7.09. The Labute approximate surface area is 149 Å². The standard InChI is InChI=1S/C20H30N2O3/c1-4-6-8-9-13-25-19-18(24-12-7-5-2)16-11-10-15(21)14-17(16)22(3)20(19)23/h10-11,14H,4-9,12-13,21H2,1-3H3. The van der Waals surface area contributed by atoms with Gasteiger partial charge in [-0.05, 0) is 31.0 Å². The van der Waals surface area contributed by atoms with E-state index in [4.69, 9.17) is 15.2 Å². The average Bonchev–Trinajstić information content (AvgIpc) is 2.61. The van der Waals surface area contributed by atoms with Crippen LogP contribution in [0.5, 0.6) is 11.5 Å². The monoisotopic (exact) mass is 346 g/mol. The van der Waals surface area contributed by atoms with Crippen molar-refractivity contribution in [2.75, 3.05) is 18.9 Å². The third-order valence-corrected chi connectivity index (χ3v) is 4.32. The average molecular weight is 346 g/mol. The summed E-state index contributed by atoms with van der Waals surface area (Å²) in [6.07, 6.45) is 6.35. The largest absolute Gasteiger partial charge is 0.489 e. The molecule has 25 heavy (non-hydrogen) atoms. The molecule has 0 aliphatic rings. The van der Waals surface area contributed by atoms with Crippen LogP contribution in [-0.4, -0.2) is 17.8 Å². The molecular formula is C20H30N2O3. The minimum absolute atomic E-state index is 0.180. The topological polar surface area (TPSA) is 66.5 Å². The molecule has 2 N–H and O–H groups in total. The van der Waals surface area contributed by atoms with Gasteiger partial charge < -0.3 is 19.8 Å². The minimum atomic E-state index is -0.180. The maximum absolute atomic E-state index is 12.8. The molecule has 0 aliphatic carbocycles. The van der Waals surface area contributed by atoms with E-state index in [0.29, 0.717) is 30.4 Å². The molecule has 5 nitrogen and oxygen atoms in total. The van der Waals surface area contributed by atoms with Crippen molar-refractivity contribution in [2.24, 2.45) is 7.05 Å². The second kappa shape index (κ2) is 9.35. The second-order valence-corrected chi connectivity index (χ2v) is 6.41. The van der Waals surface area contributed by atoms with E-state index in [1.807, 2.05) is 12.1 Å². The first-order valence-electron chi connectivity index (χ1n) is 9.28. The lowest BCUT2D eigenvalue weighted by Gasteiger charge is -2.17. The van der Waals surface area contributed by atoms with Gasteiger partial charge >= 0.3 is 0 Å². The van der Waals surface area contributed by atoms with E-state index >= 15 is 0 Å². The predicted molar refractivity (Wildman–Crippen MR) is 104 cm³/mol. The van der Waals surface area contributed by atoms with Crippen LogP contribution in [0.15, 0.2) is 23.0 Å². The van der Waals surface area contributed by atoms with Gasteiger partial charge in [0.2, 0.25) is 5.75 Å². The van der Waals surface area contributed by atoms with Crippen molar-refractivity contribution in [1.29, 1.82) is 0 Å². The van der Waals surface area contributed by atoms with E-state index < -0.39 is 0 Å². The number of nitrogens with two attached hydrogens (primary N) is 1. The number of unbranched alkanes of at least 4 members (excludes halogenated alkanes) is 4. The highest BCUT2D eigenvalue weighted by Gasteiger charge is 2.18. The number of rotatable bonds is 10. The van der Waals surface area contributed by atoms with Crippen molar-refractivity contribution in [1.82, 2.24) is 4.57 Å². The third kappa shape index (κ3) is 4.68. The fourth-order valence-corrected chi connectivity index (χ4v) is 2.79. The highest BCUT2D eigenvalue weighted by molar-refractivity contribution is 5.90. The number of ether oxygens (including phenoxy) is 2. The van der Waals surface area contributed by atoms with Crippen molar-refractivity contribution < 1.29 is 9.47 Å². The first kappa shape index (κ1) is 19.2. The number of benzene rings is 1. The third-order valence-electron chi connectivity index (χ3n) is 4.32. The van der Waals surface area contributed by atoms with Gasteiger partial charge in [-0.3, -0.25) is 4.79 Å². The molecule has 0 spiro atoms. The Hall–Kier alpha value is -2.17. The molecule has 2 aromatic rings. The molecule has 1 aromatic heterocycles. The fourth-order valence-electron chi connectivity index (χ4n) is 2.79. The van der Waals surface area contributed by atoms with Gasteiger partial charge in [-0.15, -0.1) is 0 Å². The zero-order chi connectivity index (χ0) is 18.2. The molecule has 1 heterocycles. The summed E-state index contributed by atoms with van der Waals surface area (Å²) in [5, 5.41) is 0.857. The lowest BCUT2D eigenvalue weighted by molar-refractivity contribution is 0.258. The number of pyridine rings is 1. The number of aromatic nitrogens is 1. The van der Waals surface area contributed by atoms with E-state index in [1.165, 1.54) is 12.8 Å². The van der Waals surface area contributed by atoms with E-state index in [1.54, 1.807) is 17.7 Å². The molecule has 0 fully saturated rings. The summed E-state index contributed by atoms with van der Waals surface area (Å²) < 4.78 is 13.4. The van der Waals surface area contributed by atoms with Crippen LogP contribution in [0, 0.1) is 0 Å². The molecular weight excluding hydrogens is 316 g/mol. The Kier molecular flexibility index (Phi) is 7.16. The molecule has 5 heteroatoms.